The zero-order chi connectivity index (χ0) is 18.6. The van der Waals surface area contributed by atoms with Gasteiger partial charge in [0.25, 0.3) is 5.91 Å². The van der Waals surface area contributed by atoms with Crippen LogP contribution in [0, 0.1) is 5.92 Å². The normalized spacial score (nSPS) is 15.0. The fourth-order valence-electron chi connectivity index (χ4n) is 4.01. The minimum absolute atomic E-state index is 0.0723. The number of hydrogen-bond acceptors (Lipinski definition) is 1. The minimum atomic E-state index is -0.0723. The maximum atomic E-state index is 12.6. The molecule has 1 fully saturated rings. The van der Waals surface area contributed by atoms with Gasteiger partial charge < -0.3 is 5.32 Å². The first-order valence-corrected chi connectivity index (χ1v) is 10.6. The minimum Gasteiger partial charge on any atom is -0.322 e. The van der Waals surface area contributed by atoms with Gasteiger partial charge in [-0.1, -0.05) is 72.3 Å². The van der Waals surface area contributed by atoms with Crippen LogP contribution in [0.15, 0.2) is 65.1 Å². The second-order valence-corrected chi connectivity index (χ2v) is 8.48. The maximum Gasteiger partial charge on any atom is 0.255 e. The summed E-state index contributed by atoms with van der Waals surface area (Å²) in [6, 6.07) is 20.2. The van der Waals surface area contributed by atoms with Crippen LogP contribution in [0.5, 0.6) is 0 Å². The Labute approximate surface area is 169 Å². The number of amides is 1. The van der Waals surface area contributed by atoms with Gasteiger partial charge in [-0.3, -0.25) is 4.79 Å². The molecule has 3 heteroatoms. The van der Waals surface area contributed by atoms with Crippen molar-refractivity contribution in [3.8, 4) is 0 Å². The highest BCUT2D eigenvalue weighted by atomic mass is 79.9. The van der Waals surface area contributed by atoms with Crippen molar-refractivity contribution in [2.75, 3.05) is 5.32 Å². The van der Waals surface area contributed by atoms with Gasteiger partial charge in [-0.25, -0.2) is 0 Å². The predicted molar refractivity (Wildman–Crippen MR) is 116 cm³/mol. The number of benzene rings is 3. The molecule has 0 atom stereocenters. The Morgan fingerprint density at radius 1 is 0.889 bits per heavy atom. The van der Waals surface area contributed by atoms with E-state index in [9.17, 15) is 4.79 Å². The highest BCUT2D eigenvalue weighted by Gasteiger charge is 2.14. The van der Waals surface area contributed by atoms with E-state index in [2.05, 4.69) is 33.4 Å². The summed E-state index contributed by atoms with van der Waals surface area (Å²) < 4.78 is 1.01. The van der Waals surface area contributed by atoms with Gasteiger partial charge in [-0.05, 0) is 65.1 Å². The lowest BCUT2D eigenvalue weighted by molar-refractivity contribution is 0.102. The molecule has 0 radical (unpaired) electrons. The summed E-state index contributed by atoms with van der Waals surface area (Å²) in [7, 11) is 0. The number of nitrogens with one attached hydrogen (secondary N) is 1. The third-order valence-electron chi connectivity index (χ3n) is 5.53. The number of rotatable bonds is 4. The van der Waals surface area contributed by atoms with E-state index in [1.807, 2.05) is 48.5 Å². The highest BCUT2D eigenvalue weighted by Crippen LogP contribution is 2.27. The topological polar surface area (TPSA) is 29.1 Å². The molecule has 1 amide bonds. The molecule has 138 valence electrons. The van der Waals surface area contributed by atoms with Crippen molar-refractivity contribution in [1.29, 1.82) is 0 Å². The van der Waals surface area contributed by atoms with Crippen molar-refractivity contribution in [3.63, 3.8) is 0 Å². The van der Waals surface area contributed by atoms with E-state index in [0.717, 1.165) is 33.3 Å². The quantitative estimate of drug-likeness (QED) is 0.483. The zero-order valence-electron chi connectivity index (χ0n) is 15.4. The highest BCUT2D eigenvalue weighted by molar-refractivity contribution is 9.10. The number of fused-ring (bicyclic) bond motifs is 1. The lowest BCUT2D eigenvalue weighted by Gasteiger charge is -2.21. The fraction of sp³-hybridized carbons (Fsp3) is 0.292. The molecule has 0 aromatic heterocycles. The van der Waals surface area contributed by atoms with Crippen LogP contribution in [-0.4, -0.2) is 5.91 Å². The zero-order valence-corrected chi connectivity index (χ0v) is 17.0. The first-order chi connectivity index (χ1) is 13.2. The summed E-state index contributed by atoms with van der Waals surface area (Å²) in [5.41, 5.74) is 2.89. The molecular weight excluding hydrogens is 398 g/mol. The molecule has 3 aromatic carbocycles. The van der Waals surface area contributed by atoms with Crippen LogP contribution >= 0.6 is 15.9 Å². The standard InChI is InChI=1S/C24H24BrNO/c25-22-11-10-19-8-9-20(15-21(19)16-22)24(27)26-23-12-6-18(7-13-23)14-17-4-2-1-3-5-17/h6-13,15-17H,1-5,14H2,(H,26,27). The van der Waals surface area contributed by atoms with E-state index in [4.69, 9.17) is 0 Å². The first kappa shape index (κ1) is 18.2. The second kappa shape index (κ2) is 8.26. The number of anilines is 1. The van der Waals surface area contributed by atoms with Gasteiger partial charge in [0.05, 0.1) is 0 Å². The Hall–Kier alpha value is -2.13. The average molecular weight is 422 g/mol. The average Bonchev–Trinajstić information content (AvgIpc) is 2.69. The Balaban J connectivity index is 1.43. The molecule has 27 heavy (non-hydrogen) atoms. The van der Waals surface area contributed by atoms with Gasteiger partial charge in [0.15, 0.2) is 0 Å². The molecule has 2 nitrogen and oxygen atoms in total. The molecule has 1 aliphatic carbocycles. The molecule has 0 bridgehead atoms. The van der Waals surface area contributed by atoms with Crippen molar-refractivity contribution < 1.29 is 4.79 Å². The van der Waals surface area contributed by atoms with Crippen LogP contribution in [0.25, 0.3) is 10.8 Å². The van der Waals surface area contributed by atoms with Crippen LogP contribution in [0.2, 0.25) is 0 Å². The summed E-state index contributed by atoms with van der Waals surface area (Å²) in [6.45, 7) is 0. The van der Waals surface area contributed by atoms with E-state index >= 15 is 0 Å². The molecule has 0 unspecified atom stereocenters. The molecule has 1 aliphatic rings. The Bertz CT molecular complexity index is 942. The van der Waals surface area contributed by atoms with Crippen molar-refractivity contribution in [2.24, 2.45) is 5.92 Å². The molecule has 0 heterocycles. The lowest BCUT2D eigenvalue weighted by Crippen LogP contribution is -2.12. The SMILES string of the molecule is O=C(Nc1ccc(CC2CCCCC2)cc1)c1ccc2ccc(Br)cc2c1. The third kappa shape index (κ3) is 4.59. The smallest absolute Gasteiger partial charge is 0.255 e. The Morgan fingerprint density at radius 2 is 1.63 bits per heavy atom. The van der Waals surface area contributed by atoms with Gasteiger partial charge in [-0.15, -0.1) is 0 Å². The Kier molecular flexibility index (Phi) is 5.58. The maximum absolute atomic E-state index is 12.6. The van der Waals surface area contributed by atoms with Crippen molar-refractivity contribution in [1.82, 2.24) is 0 Å². The van der Waals surface area contributed by atoms with E-state index in [0.29, 0.717) is 5.56 Å². The van der Waals surface area contributed by atoms with E-state index in [1.54, 1.807) is 0 Å². The van der Waals surface area contributed by atoms with Crippen molar-refractivity contribution in [3.05, 3.63) is 76.3 Å². The fourth-order valence-corrected chi connectivity index (χ4v) is 4.39. The molecule has 0 spiro atoms. The monoisotopic (exact) mass is 421 g/mol. The van der Waals surface area contributed by atoms with Crippen LogP contribution in [-0.2, 0) is 6.42 Å². The third-order valence-corrected chi connectivity index (χ3v) is 6.02. The van der Waals surface area contributed by atoms with Gasteiger partial charge >= 0.3 is 0 Å². The van der Waals surface area contributed by atoms with Crippen LogP contribution < -0.4 is 5.32 Å². The van der Waals surface area contributed by atoms with Crippen LogP contribution in [0.3, 0.4) is 0 Å². The summed E-state index contributed by atoms with van der Waals surface area (Å²) in [4.78, 5) is 12.6. The number of carbonyl (C=O) groups is 1. The van der Waals surface area contributed by atoms with Crippen molar-refractivity contribution >= 4 is 38.3 Å². The summed E-state index contributed by atoms with van der Waals surface area (Å²) in [6.07, 6.45) is 8.02. The molecule has 0 aliphatic heterocycles. The van der Waals surface area contributed by atoms with E-state index < -0.39 is 0 Å². The first-order valence-electron chi connectivity index (χ1n) is 9.77. The number of halogens is 1. The Morgan fingerprint density at radius 3 is 2.41 bits per heavy atom. The van der Waals surface area contributed by atoms with Crippen LogP contribution in [0.1, 0.15) is 48.0 Å². The molecule has 3 aromatic rings. The van der Waals surface area contributed by atoms with Crippen LogP contribution in [0.4, 0.5) is 5.69 Å². The number of carbonyl (C=O) groups excluding carboxylic acids is 1. The van der Waals surface area contributed by atoms with Crippen molar-refractivity contribution in [2.45, 2.75) is 38.5 Å². The van der Waals surface area contributed by atoms with E-state index in [-0.39, 0.29) is 5.91 Å². The van der Waals surface area contributed by atoms with E-state index in [1.165, 1.54) is 37.7 Å². The molecule has 1 N–H and O–H groups in total. The van der Waals surface area contributed by atoms with Gasteiger partial charge in [-0.2, -0.15) is 0 Å². The summed E-state index contributed by atoms with van der Waals surface area (Å²) >= 11 is 3.49. The van der Waals surface area contributed by atoms with Gasteiger partial charge in [0.1, 0.15) is 0 Å². The summed E-state index contributed by atoms with van der Waals surface area (Å²) in [5.74, 6) is 0.757. The lowest BCUT2D eigenvalue weighted by atomic mass is 9.85. The second-order valence-electron chi connectivity index (χ2n) is 7.57. The van der Waals surface area contributed by atoms with Gasteiger partial charge in [0.2, 0.25) is 0 Å². The molecule has 0 saturated heterocycles. The summed E-state index contributed by atoms with van der Waals surface area (Å²) in [5, 5.41) is 5.20. The van der Waals surface area contributed by atoms with Gasteiger partial charge in [0, 0.05) is 15.7 Å². The predicted octanol–water partition coefficient (Wildman–Crippen LogP) is 6.98. The molecule has 1 saturated carbocycles. The molecule has 4 rings (SSSR count). The molecular formula is C24H24BrNO. The number of hydrogen-bond donors (Lipinski definition) is 1. The largest absolute Gasteiger partial charge is 0.322 e.